The van der Waals surface area contributed by atoms with Gasteiger partial charge in [0.1, 0.15) is 18.2 Å². The van der Waals surface area contributed by atoms with Crippen molar-refractivity contribution in [3.8, 4) is 0 Å². The number of allylic oxidation sites excluding steroid dienone is 1. The number of fused-ring (bicyclic) bond motifs is 3. The van der Waals surface area contributed by atoms with E-state index in [2.05, 4.69) is 10.3 Å². The highest BCUT2D eigenvalue weighted by atomic mass is 19.1. The summed E-state index contributed by atoms with van der Waals surface area (Å²) < 4.78 is 27.5. The summed E-state index contributed by atoms with van der Waals surface area (Å²) in [4.78, 5) is 42.6. The van der Waals surface area contributed by atoms with Gasteiger partial charge < -0.3 is 0 Å². The molecule has 3 aliphatic heterocycles. The minimum absolute atomic E-state index is 0.158. The number of hydrogen-bond acceptors (Lipinski definition) is 7. The van der Waals surface area contributed by atoms with Gasteiger partial charge in [0, 0.05) is 11.3 Å². The summed E-state index contributed by atoms with van der Waals surface area (Å²) in [5.41, 5.74) is 3.69. The topological polar surface area (TPSA) is 98.0 Å². The van der Waals surface area contributed by atoms with Crippen molar-refractivity contribution < 1.29 is 23.2 Å². The second kappa shape index (κ2) is 11.3. The van der Waals surface area contributed by atoms with Crippen molar-refractivity contribution >= 4 is 46.0 Å². The van der Waals surface area contributed by atoms with Gasteiger partial charge in [-0.15, -0.1) is 0 Å². The Morgan fingerprint density at radius 3 is 2.36 bits per heavy atom. The third-order valence-corrected chi connectivity index (χ3v) is 9.34. The van der Waals surface area contributed by atoms with Crippen LogP contribution in [0.2, 0.25) is 0 Å². The molecule has 4 unspecified atom stereocenters. The molecule has 3 amide bonds. The molecule has 1 aliphatic carbocycles. The fourth-order valence-electron chi connectivity index (χ4n) is 7.17. The van der Waals surface area contributed by atoms with Crippen molar-refractivity contribution in [2.24, 2.45) is 21.4 Å². The third-order valence-electron chi connectivity index (χ3n) is 9.34. The van der Waals surface area contributed by atoms with Crippen LogP contribution in [-0.2, 0) is 14.4 Å². The standard InChI is InChI=1S/C36H28F2N6O3/c37-25-15-11-21(12-16-25)19-24-7-3-9-28-31(24)40-44(33(28)23-13-17-26(38)18-14-23)30(45)20-42-34-32(39-41-42)35(46)43(36(34)47)29-10-4-6-22-5-1-2-8-27(22)29/h1-2,4-6,8,10-19,28,32-34H,3,7,9,20H2. The number of rotatable bonds is 5. The molecule has 1 saturated carbocycles. The van der Waals surface area contributed by atoms with Crippen LogP contribution in [0.25, 0.3) is 16.8 Å². The SMILES string of the molecule is O=C1C2N=NN(CC(=O)N3N=C4C(=Cc5ccc(F)cc5)CCCC4C3c3ccc(F)cc3)C2C(=O)N1c1cccc2ccccc12. The summed E-state index contributed by atoms with van der Waals surface area (Å²) >= 11 is 0. The molecule has 0 radical (unpaired) electrons. The summed E-state index contributed by atoms with van der Waals surface area (Å²) in [5.74, 6) is -2.32. The zero-order valence-electron chi connectivity index (χ0n) is 25.0. The van der Waals surface area contributed by atoms with Crippen LogP contribution in [-0.4, -0.2) is 52.1 Å². The van der Waals surface area contributed by atoms with E-state index in [0.29, 0.717) is 5.69 Å². The van der Waals surface area contributed by atoms with Crippen LogP contribution in [0.15, 0.2) is 112 Å². The monoisotopic (exact) mass is 630 g/mol. The minimum atomic E-state index is -1.07. The number of carbonyl (C=O) groups excluding carboxylic acids is 3. The summed E-state index contributed by atoms with van der Waals surface area (Å²) in [7, 11) is 0. The number of hydrogen-bond donors (Lipinski definition) is 0. The molecule has 1 saturated heterocycles. The summed E-state index contributed by atoms with van der Waals surface area (Å²) in [6.45, 7) is -0.342. The number of nitrogens with zero attached hydrogens (tertiary/aromatic N) is 6. The molecular formula is C36H28F2N6O3. The van der Waals surface area contributed by atoms with E-state index in [-0.39, 0.29) is 18.3 Å². The first-order valence-electron chi connectivity index (χ1n) is 15.5. The first-order valence-corrected chi connectivity index (χ1v) is 15.5. The molecule has 0 spiro atoms. The lowest BCUT2D eigenvalue weighted by molar-refractivity contribution is -0.136. The van der Waals surface area contributed by atoms with Gasteiger partial charge in [-0.2, -0.15) is 10.2 Å². The number of halogens is 2. The summed E-state index contributed by atoms with van der Waals surface area (Å²) in [5, 5.41) is 17.4. The maximum Gasteiger partial charge on any atom is 0.264 e. The van der Waals surface area contributed by atoms with Crippen LogP contribution in [0, 0.1) is 17.6 Å². The van der Waals surface area contributed by atoms with E-state index in [0.717, 1.165) is 57.3 Å². The smallest absolute Gasteiger partial charge is 0.264 e. The lowest BCUT2D eigenvalue weighted by Crippen LogP contribution is -2.45. The average Bonchev–Trinajstić information content (AvgIpc) is 3.75. The van der Waals surface area contributed by atoms with E-state index >= 15 is 0 Å². The molecule has 0 aromatic heterocycles. The molecule has 4 aromatic carbocycles. The maximum absolute atomic E-state index is 14.1. The van der Waals surface area contributed by atoms with Crippen molar-refractivity contribution in [1.29, 1.82) is 0 Å². The van der Waals surface area contributed by atoms with Crippen molar-refractivity contribution in [3.63, 3.8) is 0 Å². The molecule has 9 nitrogen and oxygen atoms in total. The molecule has 4 aliphatic rings. The average molecular weight is 631 g/mol. The third kappa shape index (κ3) is 4.89. The van der Waals surface area contributed by atoms with Gasteiger partial charge >= 0.3 is 0 Å². The van der Waals surface area contributed by atoms with Crippen LogP contribution < -0.4 is 4.90 Å². The van der Waals surface area contributed by atoms with Crippen molar-refractivity contribution in [2.75, 3.05) is 11.4 Å². The van der Waals surface area contributed by atoms with Crippen LogP contribution in [0.3, 0.4) is 0 Å². The van der Waals surface area contributed by atoms with Gasteiger partial charge in [0.15, 0.2) is 12.1 Å². The van der Waals surface area contributed by atoms with Gasteiger partial charge in [0.2, 0.25) is 0 Å². The first kappa shape index (κ1) is 28.9. The fraction of sp³-hybridized carbons (Fsp3) is 0.222. The van der Waals surface area contributed by atoms with Gasteiger partial charge in [0.25, 0.3) is 17.7 Å². The normalized spacial score (nSPS) is 24.3. The lowest BCUT2D eigenvalue weighted by atomic mass is 9.77. The summed E-state index contributed by atoms with van der Waals surface area (Å²) in [6, 6.07) is 22.5. The van der Waals surface area contributed by atoms with Crippen LogP contribution >= 0.6 is 0 Å². The van der Waals surface area contributed by atoms with Gasteiger partial charge in [-0.25, -0.2) is 18.7 Å². The number of anilines is 1. The van der Waals surface area contributed by atoms with Crippen molar-refractivity contribution in [2.45, 2.75) is 37.4 Å². The zero-order valence-corrected chi connectivity index (χ0v) is 25.0. The Morgan fingerprint density at radius 1 is 0.851 bits per heavy atom. The van der Waals surface area contributed by atoms with Crippen LogP contribution in [0.4, 0.5) is 14.5 Å². The molecule has 234 valence electrons. The largest absolute Gasteiger partial charge is 0.271 e. The number of carbonyl (C=O) groups is 3. The number of amides is 3. The van der Waals surface area contributed by atoms with Gasteiger partial charge in [-0.1, -0.05) is 65.9 Å². The molecule has 4 aromatic rings. The molecule has 3 heterocycles. The van der Waals surface area contributed by atoms with E-state index in [1.807, 2.05) is 36.4 Å². The molecule has 0 bridgehead atoms. The van der Waals surface area contributed by atoms with Gasteiger partial charge in [0.05, 0.1) is 17.4 Å². The Labute approximate surface area is 268 Å². The quantitative estimate of drug-likeness (QED) is 0.244. The number of imide groups is 1. The molecule has 2 fully saturated rings. The van der Waals surface area contributed by atoms with Crippen LogP contribution in [0.1, 0.15) is 36.4 Å². The molecule has 47 heavy (non-hydrogen) atoms. The Kier molecular flexibility index (Phi) is 6.96. The molecule has 0 N–H and O–H groups in total. The summed E-state index contributed by atoms with van der Waals surface area (Å²) in [6.07, 6.45) is 4.30. The Hall–Kier alpha value is -5.58. The highest BCUT2D eigenvalue weighted by Crippen LogP contribution is 2.45. The second-order valence-corrected chi connectivity index (χ2v) is 12.1. The predicted octanol–water partition coefficient (Wildman–Crippen LogP) is 6.23. The molecular weight excluding hydrogens is 602 g/mol. The lowest BCUT2D eigenvalue weighted by Gasteiger charge is -2.30. The van der Waals surface area contributed by atoms with E-state index in [4.69, 9.17) is 5.10 Å². The Balaban J connectivity index is 1.10. The van der Waals surface area contributed by atoms with E-state index in [1.54, 1.807) is 36.4 Å². The fourth-order valence-corrected chi connectivity index (χ4v) is 7.17. The molecule has 8 rings (SSSR count). The minimum Gasteiger partial charge on any atom is -0.271 e. The van der Waals surface area contributed by atoms with Crippen LogP contribution in [0.5, 0.6) is 0 Å². The first-order chi connectivity index (χ1) is 22.9. The maximum atomic E-state index is 14.1. The van der Waals surface area contributed by atoms with E-state index in [9.17, 15) is 23.2 Å². The Morgan fingerprint density at radius 2 is 1.57 bits per heavy atom. The van der Waals surface area contributed by atoms with E-state index < -0.39 is 41.7 Å². The highest BCUT2D eigenvalue weighted by molar-refractivity contribution is 6.27. The van der Waals surface area contributed by atoms with Crippen molar-refractivity contribution in [3.05, 3.63) is 119 Å². The number of benzene rings is 4. The van der Waals surface area contributed by atoms with Gasteiger partial charge in [-0.05, 0) is 77.8 Å². The molecule has 11 heteroatoms. The Bertz CT molecular complexity index is 2020. The molecule has 4 atom stereocenters. The van der Waals surface area contributed by atoms with Crippen molar-refractivity contribution in [1.82, 2.24) is 10.0 Å². The number of hydrazone groups is 1. The van der Waals surface area contributed by atoms with E-state index in [1.165, 1.54) is 34.3 Å². The second-order valence-electron chi connectivity index (χ2n) is 12.1. The highest BCUT2D eigenvalue weighted by Gasteiger charge is 2.56. The predicted molar refractivity (Wildman–Crippen MR) is 171 cm³/mol. The zero-order chi connectivity index (χ0) is 32.2. The van der Waals surface area contributed by atoms with Gasteiger partial charge in [-0.3, -0.25) is 19.4 Å².